The first-order valence-corrected chi connectivity index (χ1v) is 6.17. The zero-order valence-corrected chi connectivity index (χ0v) is 10.7. The highest BCUT2D eigenvalue weighted by molar-refractivity contribution is 5.34. The molecule has 1 fully saturated rings. The van der Waals surface area contributed by atoms with Gasteiger partial charge in [-0.2, -0.15) is 0 Å². The summed E-state index contributed by atoms with van der Waals surface area (Å²) in [5.74, 6) is -0.00193. The topological polar surface area (TPSA) is 24.5 Å². The second-order valence-electron chi connectivity index (χ2n) is 4.33. The zero-order valence-electron chi connectivity index (χ0n) is 10.7. The van der Waals surface area contributed by atoms with Gasteiger partial charge >= 0.3 is 0 Å². The predicted octanol–water partition coefficient (Wildman–Crippen LogP) is 1.97. The summed E-state index contributed by atoms with van der Waals surface area (Å²) >= 11 is 0. The van der Waals surface area contributed by atoms with Crippen LogP contribution >= 0.6 is 0 Å². The molecule has 0 amide bonds. The molecule has 18 heavy (non-hydrogen) atoms. The second-order valence-corrected chi connectivity index (χ2v) is 4.33. The van der Waals surface area contributed by atoms with Gasteiger partial charge in [0, 0.05) is 31.7 Å². The number of benzene rings is 1. The number of methoxy groups -OCH3 is 1. The van der Waals surface area contributed by atoms with Gasteiger partial charge in [-0.25, -0.2) is 4.39 Å². The van der Waals surface area contributed by atoms with Gasteiger partial charge in [0.05, 0.1) is 13.2 Å². The van der Waals surface area contributed by atoms with Crippen LogP contribution in [0.5, 0.6) is 5.75 Å². The molecule has 0 radical (unpaired) electrons. The van der Waals surface area contributed by atoms with Crippen LogP contribution < -0.4 is 10.1 Å². The van der Waals surface area contributed by atoms with E-state index >= 15 is 0 Å². The van der Waals surface area contributed by atoms with Gasteiger partial charge in [0.1, 0.15) is 0 Å². The molecule has 0 spiro atoms. The third-order valence-corrected chi connectivity index (χ3v) is 3.30. The third kappa shape index (κ3) is 2.54. The standard InChI is InChI=1S/C14H19FN2O/c1-3-12(17-9-7-16-8-10-17)11-5-4-6-13(18-2)14(11)15/h3-6,12,16H,1,7-10H2,2H3/t12-/m0/s1. The van der Waals surface area contributed by atoms with Crippen LogP contribution in [0.4, 0.5) is 4.39 Å². The molecule has 4 heteroatoms. The molecule has 1 N–H and O–H groups in total. The third-order valence-electron chi connectivity index (χ3n) is 3.30. The summed E-state index contributed by atoms with van der Waals surface area (Å²) in [5.41, 5.74) is 0.631. The van der Waals surface area contributed by atoms with Crippen molar-refractivity contribution in [2.75, 3.05) is 33.3 Å². The molecule has 0 aromatic heterocycles. The average molecular weight is 250 g/mol. The molecule has 1 heterocycles. The normalized spacial score (nSPS) is 18.3. The summed E-state index contributed by atoms with van der Waals surface area (Å²) in [6.45, 7) is 7.49. The number of piperazine rings is 1. The highest BCUT2D eigenvalue weighted by Crippen LogP contribution is 2.29. The quantitative estimate of drug-likeness (QED) is 0.827. The van der Waals surface area contributed by atoms with Crippen molar-refractivity contribution in [2.45, 2.75) is 6.04 Å². The van der Waals surface area contributed by atoms with Crippen LogP contribution in [-0.4, -0.2) is 38.2 Å². The van der Waals surface area contributed by atoms with E-state index in [0.717, 1.165) is 26.2 Å². The number of nitrogens with one attached hydrogen (secondary N) is 1. The SMILES string of the molecule is C=C[C@@H](c1cccc(OC)c1F)N1CCNCC1. The van der Waals surface area contributed by atoms with Crippen molar-refractivity contribution < 1.29 is 9.13 Å². The van der Waals surface area contributed by atoms with E-state index in [-0.39, 0.29) is 17.6 Å². The van der Waals surface area contributed by atoms with Gasteiger partial charge in [0.15, 0.2) is 11.6 Å². The van der Waals surface area contributed by atoms with E-state index in [1.165, 1.54) is 7.11 Å². The van der Waals surface area contributed by atoms with Gasteiger partial charge in [-0.3, -0.25) is 4.90 Å². The molecule has 1 saturated heterocycles. The second kappa shape index (κ2) is 5.98. The van der Waals surface area contributed by atoms with Crippen molar-refractivity contribution in [3.63, 3.8) is 0 Å². The molecule has 98 valence electrons. The zero-order chi connectivity index (χ0) is 13.0. The fourth-order valence-electron chi connectivity index (χ4n) is 2.35. The smallest absolute Gasteiger partial charge is 0.170 e. The minimum Gasteiger partial charge on any atom is -0.494 e. The molecule has 1 aromatic carbocycles. The maximum absolute atomic E-state index is 14.2. The summed E-state index contributed by atoms with van der Waals surface area (Å²) < 4.78 is 19.3. The maximum Gasteiger partial charge on any atom is 0.170 e. The van der Waals surface area contributed by atoms with Gasteiger partial charge in [-0.15, -0.1) is 6.58 Å². The summed E-state index contributed by atoms with van der Waals surface area (Å²) in [4.78, 5) is 2.22. The Balaban J connectivity index is 2.29. The summed E-state index contributed by atoms with van der Waals surface area (Å²) in [7, 11) is 1.48. The first-order valence-electron chi connectivity index (χ1n) is 6.17. The van der Waals surface area contributed by atoms with E-state index in [1.54, 1.807) is 18.2 Å². The van der Waals surface area contributed by atoms with Crippen LogP contribution in [0.25, 0.3) is 0 Å². The molecule has 0 saturated carbocycles. The van der Waals surface area contributed by atoms with Crippen LogP contribution in [0.2, 0.25) is 0 Å². The Bertz CT molecular complexity index is 416. The molecule has 0 aliphatic carbocycles. The molecule has 1 atom stereocenters. The number of halogens is 1. The molecule has 0 bridgehead atoms. The molecular formula is C14H19FN2O. The Kier molecular flexibility index (Phi) is 4.33. The summed E-state index contributed by atoms with van der Waals surface area (Å²) in [5, 5.41) is 3.29. The van der Waals surface area contributed by atoms with Crippen molar-refractivity contribution in [1.29, 1.82) is 0 Å². The lowest BCUT2D eigenvalue weighted by molar-refractivity contribution is 0.199. The van der Waals surface area contributed by atoms with Crippen molar-refractivity contribution in [3.8, 4) is 5.75 Å². The van der Waals surface area contributed by atoms with Crippen molar-refractivity contribution >= 4 is 0 Å². The van der Waals surface area contributed by atoms with Gasteiger partial charge in [-0.1, -0.05) is 18.2 Å². The van der Waals surface area contributed by atoms with Crippen molar-refractivity contribution in [1.82, 2.24) is 10.2 Å². The van der Waals surface area contributed by atoms with Gasteiger partial charge < -0.3 is 10.1 Å². The van der Waals surface area contributed by atoms with Gasteiger partial charge in [0.2, 0.25) is 0 Å². The van der Waals surface area contributed by atoms with Crippen LogP contribution in [0, 0.1) is 5.82 Å². The highest BCUT2D eigenvalue weighted by Gasteiger charge is 2.23. The Morgan fingerprint density at radius 2 is 2.17 bits per heavy atom. The van der Waals surface area contributed by atoms with Crippen LogP contribution in [0.3, 0.4) is 0 Å². The molecule has 1 aromatic rings. The molecule has 0 unspecified atom stereocenters. The Morgan fingerprint density at radius 3 is 2.78 bits per heavy atom. The predicted molar refractivity (Wildman–Crippen MR) is 70.3 cm³/mol. The lowest BCUT2D eigenvalue weighted by Gasteiger charge is -2.33. The Hall–Kier alpha value is -1.39. The van der Waals surface area contributed by atoms with E-state index in [4.69, 9.17) is 4.74 Å². The minimum absolute atomic E-state index is 0.0952. The van der Waals surface area contributed by atoms with E-state index in [0.29, 0.717) is 5.56 Å². The van der Waals surface area contributed by atoms with E-state index < -0.39 is 0 Å². The average Bonchev–Trinajstić information content (AvgIpc) is 2.43. The molecule has 3 nitrogen and oxygen atoms in total. The molecular weight excluding hydrogens is 231 g/mol. The number of ether oxygens (including phenoxy) is 1. The number of hydrogen-bond donors (Lipinski definition) is 1. The van der Waals surface area contributed by atoms with E-state index in [1.807, 2.05) is 6.07 Å². The Morgan fingerprint density at radius 1 is 1.44 bits per heavy atom. The van der Waals surface area contributed by atoms with Crippen molar-refractivity contribution in [3.05, 3.63) is 42.2 Å². The van der Waals surface area contributed by atoms with E-state index in [9.17, 15) is 4.39 Å². The first-order chi connectivity index (χ1) is 8.77. The largest absolute Gasteiger partial charge is 0.494 e. The summed E-state index contributed by atoms with van der Waals surface area (Å²) in [6, 6.07) is 5.15. The minimum atomic E-state index is -0.288. The van der Waals surface area contributed by atoms with Gasteiger partial charge in [0.25, 0.3) is 0 Å². The molecule has 2 rings (SSSR count). The number of hydrogen-bond acceptors (Lipinski definition) is 3. The Labute approximate surface area is 107 Å². The lowest BCUT2D eigenvalue weighted by atomic mass is 10.0. The van der Waals surface area contributed by atoms with E-state index in [2.05, 4.69) is 16.8 Å². The monoisotopic (exact) mass is 250 g/mol. The lowest BCUT2D eigenvalue weighted by Crippen LogP contribution is -2.44. The molecule has 1 aliphatic heterocycles. The van der Waals surface area contributed by atoms with Crippen molar-refractivity contribution in [2.24, 2.45) is 0 Å². The van der Waals surface area contributed by atoms with Crippen LogP contribution in [0.15, 0.2) is 30.9 Å². The van der Waals surface area contributed by atoms with Gasteiger partial charge in [-0.05, 0) is 6.07 Å². The maximum atomic E-state index is 14.2. The fraction of sp³-hybridized carbons (Fsp3) is 0.429. The highest BCUT2D eigenvalue weighted by atomic mass is 19.1. The fourth-order valence-corrected chi connectivity index (χ4v) is 2.35. The van der Waals surface area contributed by atoms with Crippen LogP contribution in [0.1, 0.15) is 11.6 Å². The first kappa shape index (κ1) is 13.1. The summed E-state index contributed by atoms with van der Waals surface area (Å²) in [6.07, 6.45) is 1.79. The molecule has 1 aliphatic rings. The number of nitrogens with zero attached hydrogens (tertiary/aromatic N) is 1. The van der Waals surface area contributed by atoms with Crippen LogP contribution in [-0.2, 0) is 0 Å². The number of rotatable bonds is 4.